The Morgan fingerprint density at radius 1 is 0.912 bits per heavy atom. The Kier molecular flexibility index (Phi) is 9.01. The van der Waals surface area contributed by atoms with Crippen LogP contribution >= 0.6 is 11.8 Å². The molecule has 0 unspecified atom stereocenters. The highest BCUT2D eigenvalue weighted by atomic mass is 32.2. The number of nitrogens with one attached hydrogen (secondary N) is 1. The first-order valence-electron chi connectivity index (χ1n) is 11.1. The fourth-order valence-electron chi connectivity index (χ4n) is 3.21. The van der Waals surface area contributed by atoms with E-state index in [1.807, 2.05) is 45.0 Å². The molecule has 0 atom stereocenters. The molecule has 3 aromatic rings. The van der Waals surface area contributed by atoms with Gasteiger partial charge >= 0.3 is 0 Å². The van der Waals surface area contributed by atoms with Crippen LogP contribution in [0.3, 0.4) is 0 Å². The number of sulfonamides is 1. The molecule has 0 radical (unpaired) electrons. The van der Waals surface area contributed by atoms with E-state index in [1.165, 1.54) is 5.56 Å². The zero-order valence-corrected chi connectivity index (χ0v) is 21.3. The van der Waals surface area contributed by atoms with Crippen molar-refractivity contribution in [3.05, 3.63) is 83.9 Å². The topological polar surface area (TPSA) is 75.7 Å². The van der Waals surface area contributed by atoms with Gasteiger partial charge in [0.25, 0.3) is 10.0 Å². The third-order valence-corrected chi connectivity index (χ3v) is 7.85. The number of benzene rings is 3. The molecule has 8 heteroatoms. The van der Waals surface area contributed by atoms with Gasteiger partial charge in [0, 0.05) is 17.2 Å². The molecule has 0 aliphatic heterocycles. The van der Waals surface area contributed by atoms with Gasteiger partial charge in [0.05, 0.1) is 17.2 Å². The van der Waals surface area contributed by atoms with Gasteiger partial charge in [0.2, 0.25) is 5.91 Å². The van der Waals surface area contributed by atoms with Gasteiger partial charge in [-0.25, -0.2) is 8.42 Å². The van der Waals surface area contributed by atoms with Crippen LogP contribution in [0.1, 0.15) is 18.1 Å². The van der Waals surface area contributed by atoms with Crippen molar-refractivity contribution in [2.45, 2.75) is 30.6 Å². The third kappa shape index (κ3) is 7.01. The van der Waals surface area contributed by atoms with Gasteiger partial charge in [-0.3, -0.25) is 9.10 Å². The number of carbonyl (C=O) groups is 1. The maximum Gasteiger partial charge on any atom is 0.264 e. The second-order valence-electron chi connectivity index (χ2n) is 7.76. The molecule has 0 aliphatic rings. The van der Waals surface area contributed by atoms with Crippen LogP contribution in [0.4, 0.5) is 5.69 Å². The number of nitrogens with zero attached hydrogens (tertiary/aromatic N) is 1. The van der Waals surface area contributed by atoms with E-state index in [0.29, 0.717) is 30.3 Å². The molecule has 0 saturated carbocycles. The third-order valence-electron chi connectivity index (χ3n) is 5.05. The lowest BCUT2D eigenvalue weighted by Crippen LogP contribution is -2.41. The minimum Gasteiger partial charge on any atom is -0.494 e. The minimum absolute atomic E-state index is 0.134. The summed E-state index contributed by atoms with van der Waals surface area (Å²) in [4.78, 5) is 14.0. The summed E-state index contributed by atoms with van der Waals surface area (Å²) >= 11 is 1.64. The Hall–Kier alpha value is -2.97. The van der Waals surface area contributed by atoms with E-state index < -0.39 is 10.0 Å². The average Bonchev–Trinajstić information content (AvgIpc) is 2.82. The standard InChI is InChI=1S/C26H30N2O4S2/c1-4-32-23-11-9-22(10-12-23)28(34(30,31)25-15-7-21(3)8-16-25)19-26(29)27-17-18-33-24-13-5-20(2)6-14-24/h5-16H,4,17-19H2,1-3H3,(H,27,29). The van der Waals surface area contributed by atoms with Crippen LogP contribution in [-0.2, 0) is 14.8 Å². The Balaban J connectivity index is 1.71. The Bertz CT molecular complexity index is 1180. The number of anilines is 1. The SMILES string of the molecule is CCOc1ccc(N(CC(=O)NCCSc2ccc(C)cc2)S(=O)(=O)c2ccc(C)cc2)cc1. The Morgan fingerprint density at radius 3 is 2.09 bits per heavy atom. The zero-order chi connectivity index (χ0) is 24.6. The molecule has 0 bridgehead atoms. The first kappa shape index (κ1) is 25.6. The summed E-state index contributed by atoms with van der Waals surface area (Å²) < 4.78 is 33.5. The smallest absolute Gasteiger partial charge is 0.264 e. The molecular weight excluding hydrogens is 468 g/mol. The molecule has 0 aliphatic carbocycles. The van der Waals surface area contributed by atoms with Gasteiger partial charge in [-0.15, -0.1) is 11.8 Å². The molecule has 1 amide bonds. The van der Waals surface area contributed by atoms with Crippen molar-refractivity contribution in [2.24, 2.45) is 0 Å². The number of hydrogen-bond acceptors (Lipinski definition) is 5. The summed E-state index contributed by atoms with van der Waals surface area (Å²) in [5, 5.41) is 2.84. The van der Waals surface area contributed by atoms with E-state index >= 15 is 0 Å². The second-order valence-corrected chi connectivity index (χ2v) is 10.8. The van der Waals surface area contributed by atoms with Crippen molar-refractivity contribution < 1.29 is 17.9 Å². The number of thioether (sulfide) groups is 1. The predicted molar refractivity (Wildman–Crippen MR) is 138 cm³/mol. The number of ether oxygens (including phenoxy) is 1. The molecule has 0 spiro atoms. The maximum atomic E-state index is 13.4. The number of carbonyl (C=O) groups excluding carboxylic acids is 1. The number of rotatable bonds is 11. The van der Waals surface area contributed by atoms with Crippen LogP contribution in [0.15, 0.2) is 82.6 Å². The molecule has 6 nitrogen and oxygen atoms in total. The number of amides is 1. The second kappa shape index (κ2) is 11.9. The van der Waals surface area contributed by atoms with Crippen molar-refractivity contribution in [2.75, 3.05) is 29.8 Å². The molecule has 0 saturated heterocycles. The minimum atomic E-state index is -3.94. The van der Waals surface area contributed by atoms with Crippen molar-refractivity contribution >= 4 is 33.4 Å². The molecule has 3 rings (SSSR count). The monoisotopic (exact) mass is 498 g/mol. The van der Waals surface area contributed by atoms with Gasteiger partial charge in [0.15, 0.2) is 0 Å². The Labute approximate surface area is 206 Å². The summed E-state index contributed by atoms with van der Waals surface area (Å²) in [6.45, 7) is 6.42. The lowest BCUT2D eigenvalue weighted by atomic mass is 10.2. The quantitative estimate of drug-likeness (QED) is 0.303. The molecule has 180 valence electrons. The van der Waals surface area contributed by atoms with Crippen LogP contribution < -0.4 is 14.4 Å². The predicted octanol–water partition coefficient (Wildman–Crippen LogP) is 4.81. The van der Waals surface area contributed by atoms with E-state index in [9.17, 15) is 13.2 Å². The van der Waals surface area contributed by atoms with Crippen molar-refractivity contribution in [3.8, 4) is 5.75 Å². The van der Waals surface area contributed by atoms with Crippen LogP contribution in [0.25, 0.3) is 0 Å². The summed E-state index contributed by atoms with van der Waals surface area (Å²) in [5.74, 6) is 0.952. The fourth-order valence-corrected chi connectivity index (χ4v) is 5.40. The molecule has 0 aromatic heterocycles. The zero-order valence-electron chi connectivity index (χ0n) is 19.7. The largest absolute Gasteiger partial charge is 0.494 e. The average molecular weight is 499 g/mol. The number of aryl methyl sites for hydroxylation is 2. The molecule has 34 heavy (non-hydrogen) atoms. The Morgan fingerprint density at radius 2 is 1.50 bits per heavy atom. The van der Waals surface area contributed by atoms with E-state index in [4.69, 9.17) is 4.74 Å². The first-order valence-corrected chi connectivity index (χ1v) is 13.5. The molecule has 0 heterocycles. The van der Waals surface area contributed by atoms with Crippen LogP contribution in [0.5, 0.6) is 5.75 Å². The summed E-state index contributed by atoms with van der Waals surface area (Å²) in [6.07, 6.45) is 0. The summed E-state index contributed by atoms with van der Waals surface area (Å²) in [7, 11) is -3.94. The van der Waals surface area contributed by atoms with Gasteiger partial charge in [-0.1, -0.05) is 35.4 Å². The van der Waals surface area contributed by atoms with E-state index in [2.05, 4.69) is 5.32 Å². The van der Waals surface area contributed by atoms with Crippen molar-refractivity contribution in [1.29, 1.82) is 0 Å². The first-order chi connectivity index (χ1) is 16.3. The molecular formula is C26H30N2O4S2. The van der Waals surface area contributed by atoms with Gasteiger partial charge in [-0.2, -0.15) is 0 Å². The van der Waals surface area contributed by atoms with Crippen molar-refractivity contribution in [3.63, 3.8) is 0 Å². The fraction of sp³-hybridized carbons (Fsp3) is 0.269. The maximum absolute atomic E-state index is 13.4. The molecule has 0 fully saturated rings. The number of hydrogen-bond donors (Lipinski definition) is 1. The van der Waals surface area contributed by atoms with Gasteiger partial charge in [-0.05, 0) is 69.3 Å². The highest BCUT2D eigenvalue weighted by molar-refractivity contribution is 7.99. The summed E-state index contributed by atoms with van der Waals surface area (Å²) in [5.41, 5.74) is 2.55. The van der Waals surface area contributed by atoms with Crippen molar-refractivity contribution in [1.82, 2.24) is 5.32 Å². The lowest BCUT2D eigenvalue weighted by molar-refractivity contribution is -0.119. The molecule has 1 N–H and O–H groups in total. The van der Waals surface area contributed by atoms with E-state index in [1.54, 1.807) is 60.3 Å². The summed E-state index contributed by atoms with van der Waals surface area (Å²) in [6, 6.07) is 21.5. The van der Waals surface area contributed by atoms with Crippen LogP contribution in [0.2, 0.25) is 0 Å². The van der Waals surface area contributed by atoms with Gasteiger partial charge in [0.1, 0.15) is 12.3 Å². The van der Waals surface area contributed by atoms with E-state index in [0.717, 1.165) is 14.8 Å². The van der Waals surface area contributed by atoms with Crippen LogP contribution in [-0.4, -0.2) is 39.8 Å². The molecule has 3 aromatic carbocycles. The van der Waals surface area contributed by atoms with Gasteiger partial charge < -0.3 is 10.1 Å². The van der Waals surface area contributed by atoms with E-state index in [-0.39, 0.29) is 17.3 Å². The van der Waals surface area contributed by atoms with Crippen LogP contribution in [0, 0.1) is 13.8 Å². The highest BCUT2D eigenvalue weighted by Crippen LogP contribution is 2.26. The highest BCUT2D eigenvalue weighted by Gasteiger charge is 2.27. The normalized spacial score (nSPS) is 11.1. The lowest BCUT2D eigenvalue weighted by Gasteiger charge is -2.24.